The summed E-state index contributed by atoms with van der Waals surface area (Å²) in [6.07, 6.45) is -2.23. The summed E-state index contributed by atoms with van der Waals surface area (Å²) < 4.78 is 37.8. The molecule has 1 N–H and O–H groups in total. The molecule has 0 spiro atoms. The fourth-order valence-corrected chi connectivity index (χ4v) is 1.89. The van der Waals surface area contributed by atoms with Crippen LogP contribution in [0.5, 0.6) is 0 Å². The van der Waals surface area contributed by atoms with E-state index in [9.17, 15) is 18.0 Å². The van der Waals surface area contributed by atoms with Crippen molar-refractivity contribution in [3.63, 3.8) is 0 Å². The van der Waals surface area contributed by atoms with Gasteiger partial charge in [-0.3, -0.25) is 4.79 Å². The standard InChI is InChI=1S/C10H11ClF3NO/c1-5-3-8(11)6(9(16)15-2)4-7(5)10(12,13)14/h3-5,7H,1-2H3,(H,15,16). The van der Waals surface area contributed by atoms with E-state index in [0.717, 1.165) is 6.08 Å². The molecule has 0 bridgehead atoms. The summed E-state index contributed by atoms with van der Waals surface area (Å²) in [5, 5.41) is 2.31. The van der Waals surface area contributed by atoms with E-state index in [1.54, 1.807) is 0 Å². The van der Waals surface area contributed by atoms with Crippen molar-refractivity contribution >= 4 is 17.5 Å². The van der Waals surface area contributed by atoms with E-state index in [0.29, 0.717) is 0 Å². The van der Waals surface area contributed by atoms with E-state index in [-0.39, 0.29) is 10.6 Å². The summed E-state index contributed by atoms with van der Waals surface area (Å²) >= 11 is 5.73. The molecular formula is C10H11ClF3NO. The first-order chi connectivity index (χ1) is 7.27. The third-order valence-electron chi connectivity index (χ3n) is 2.43. The van der Waals surface area contributed by atoms with Gasteiger partial charge in [0.25, 0.3) is 5.91 Å². The lowest BCUT2D eigenvalue weighted by Crippen LogP contribution is -2.31. The van der Waals surface area contributed by atoms with Crippen LogP contribution >= 0.6 is 11.6 Å². The molecule has 90 valence electrons. The molecule has 0 aromatic rings. The normalized spacial score (nSPS) is 25.9. The largest absolute Gasteiger partial charge is 0.395 e. The van der Waals surface area contributed by atoms with Crippen LogP contribution in [0.15, 0.2) is 22.8 Å². The number of alkyl halides is 3. The molecule has 2 nitrogen and oxygen atoms in total. The molecule has 0 aromatic carbocycles. The van der Waals surface area contributed by atoms with E-state index >= 15 is 0 Å². The fraction of sp³-hybridized carbons (Fsp3) is 0.500. The average Bonchev–Trinajstić information content (AvgIpc) is 2.14. The van der Waals surface area contributed by atoms with Crippen molar-refractivity contribution in [2.45, 2.75) is 13.1 Å². The zero-order valence-electron chi connectivity index (χ0n) is 8.73. The summed E-state index contributed by atoms with van der Waals surface area (Å²) in [5.74, 6) is -3.04. The molecule has 16 heavy (non-hydrogen) atoms. The number of amides is 1. The van der Waals surface area contributed by atoms with Crippen LogP contribution in [0.1, 0.15) is 6.92 Å². The Morgan fingerprint density at radius 1 is 1.44 bits per heavy atom. The van der Waals surface area contributed by atoms with E-state index in [1.807, 2.05) is 0 Å². The zero-order valence-corrected chi connectivity index (χ0v) is 9.49. The van der Waals surface area contributed by atoms with Crippen LogP contribution in [0.25, 0.3) is 0 Å². The quantitative estimate of drug-likeness (QED) is 0.765. The summed E-state index contributed by atoms with van der Waals surface area (Å²) in [5.41, 5.74) is -0.121. The molecular weight excluding hydrogens is 243 g/mol. The van der Waals surface area contributed by atoms with Gasteiger partial charge in [0, 0.05) is 12.1 Å². The number of hydrogen-bond donors (Lipinski definition) is 1. The molecule has 0 aliphatic heterocycles. The van der Waals surface area contributed by atoms with Gasteiger partial charge in [-0.15, -0.1) is 0 Å². The molecule has 2 unspecified atom stereocenters. The number of hydrogen-bond acceptors (Lipinski definition) is 1. The van der Waals surface area contributed by atoms with Crippen molar-refractivity contribution in [1.29, 1.82) is 0 Å². The second-order valence-electron chi connectivity index (χ2n) is 3.60. The molecule has 1 aliphatic carbocycles. The smallest absolute Gasteiger partial charge is 0.355 e. The van der Waals surface area contributed by atoms with E-state index in [2.05, 4.69) is 5.32 Å². The minimum Gasteiger partial charge on any atom is -0.355 e. The first-order valence-corrected chi connectivity index (χ1v) is 5.03. The minimum atomic E-state index is -4.37. The van der Waals surface area contributed by atoms with Gasteiger partial charge < -0.3 is 5.32 Å². The molecule has 0 aromatic heterocycles. The highest BCUT2D eigenvalue weighted by molar-refractivity contribution is 6.35. The Balaban J connectivity index is 3.09. The number of allylic oxidation sites excluding steroid dienone is 2. The fourth-order valence-electron chi connectivity index (χ4n) is 1.55. The van der Waals surface area contributed by atoms with Crippen LogP contribution in [0.3, 0.4) is 0 Å². The summed E-state index contributed by atoms with van der Waals surface area (Å²) in [6, 6.07) is 0. The van der Waals surface area contributed by atoms with Gasteiger partial charge in [-0.25, -0.2) is 0 Å². The van der Waals surface area contributed by atoms with Crippen LogP contribution in [0.2, 0.25) is 0 Å². The molecule has 0 saturated heterocycles. The molecule has 0 saturated carbocycles. The number of rotatable bonds is 1. The van der Waals surface area contributed by atoms with Gasteiger partial charge in [0.1, 0.15) is 0 Å². The Hall–Kier alpha value is -0.970. The number of likely N-dealkylation sites (N-methyl/N-ethyl adjacent to an activating group) is 1. The SMILES string of the molecule is CNC(=O)C1=CC(C(F)(F)F)C(C)C=C1Cl. The molecule has 2 atom stereocenters. The van der Waals surface area contributed by atoms with E-state index < -0.39 is 23.9 Å². The van der Waals surface area contributed by atoms with Gasteiger partial charge in [-0.2, -0.15) is 13.2 Å². The Labute approximate surface area is 96.1 Å². The second kappa shape index (κ2) is 4.49. The average molecular weight is 254 g/mol. The number of carbonyl (C=O) groups excluding carboxylic acids is 1. The number of carbonyl (C=O) groups is 1. The Morgan fingerprint density at radius 3 is 2.44 bits per heavy atom. The van der Waals surface area contributed by atoms with Crippen molar-refractivity contribution in [2.75, 3.05) is 7.05 Å². The lowest BCUT2D eigenvalue weighted by atomic mass is 9.86. The molecule has 0 radical (unpaired) electrons. The van der Waals surface area contributed by atoms with Gasteiger partial charge in [0.2, 0.25) is 0 Å². The highest BCUT2D eigenvalue weighted by atomic mass is 35.5. The molecule has 1 aliphatic rings. The van der Waals surface area contributed by atoms with Crippen LogP contribution in [-0.4, -0.2) is 19.1 Å². The van der Waals surface area contributed by atoms with Crippen molar-refractivity contribution in [3.05, 3.63) is 22.8 Å². The third-order valence-corrected chi connectivity index (χ3v) is 2.76. The molecule has 0 fully saturated rings. The second-order valence-corrected chi connectivity index (χ2v) is 4.01. The Morgan fingerprint density at radius 2 is 2.00 bits per heavy atom. The summed E-state index contributed by atoms with van der Waals surface area (Å²) in [7, 11) is 1.34. The highest BCUT2D eigenvalue weighted by Gasteiger charge is 2.43. The van der Waals surface area contributed by atoms with Crippen LogP contribution in [0.4, 0.5) is 13.2 Å². The van der Waals surface area contributed by atoms with Crippen LogP contribution < -0.4 is 5.32 Å². The number of halogens is 4. The molecule has 6 heteroatoms. The number of nitrogens with one attached hydrogen (secondary N) is 1. The maximum Gasteiger partial charge on any atom is 0.395 e. The van der Waals surface area contributed by atoms with Crippen molar-refractivity contribution < 1.29 is 18.0 Å². The summed E-state index contributed by atoms with van der Waals surface area (Å²) in [4.78, 5) is 11.3. The van der Waals surface area contributed by atoms with Gasteiger partial charge >= 0.3 is 6.18 Å². The van der Waals surface area contributed by atoms with E-state index in [1.165, 1.54) is 20.0 Å². The third kappa shape index (κ3) is 2.58. The van der Waals surface area contributed by atoms with Crippen molar-refractivity contribution in [1.82, 2.24) is 5.32 Å². The topological polar surface area (TPSA) is 29.1 Å². The molecule has 1 amide bonds. The van der Waals surface area contributed by atoms with Crippen molar-refractivity contribution in [3.8, 4) is 0 Å². The van der Waals surface area contributed by atoms with Crippen LogP contribution in [-0.2, 0) is 4.79 Å². The summed E-state index contributed by atoms with van der Waals surface area (Å²) in [6.45, 7) is 1.41. The van der Waals surface area contributed by atoms with Crippen LogP contribution in [0, 0.1) is 11.8 Å². The van der Waals surface area contributed by atoms with Gasteiger partial charge in [-0.1, -0.05) is 30.7 Å². The Bertz CT molecular complexity index is 360. The van der Waals surface area contributed by atoms with E-state index in [4.69, 9.17) is 11.6 Å². The van der Waals surface area contributed by atoms with Gasteiger partial charge in [-0.05, 0) is 5.92 Å². The monoisotopic (exact) mass is 253 g/mol. The lowest BCUT2D eigenvalue weighted by molar-refractivity contribution is -0.169. The molecule has 1 rings (SSSR count). The predicted molar refractivity (Wildman–Crippen MR) is 54.8 cm³/mol. The lowest BCUT2D eigenvalue weighted by Gasteiger charge is -2.26. The zero-order chi connectivity index (χ0) is 12.5. The van der Waals surface area contributed by atoms with Gasteiger partial charge in [0.05, 0.1) is 11.5 Å². The van der Waals surface area contributed by atoms with Crippen molar-refractivity contribution in [2.24, 2.45) is 11.8 Å². The highest BCUT2D eigenvalue weighted by Crippen LogP contribution is 2.39. The maximum atomic E-state index is 12.6. The predicted octanol–water partition coefficient (Wildman–Crippen LogP) is 2.61. The molecule has 0 heterocycles. The first-order valence-electron chi connectivity index (χ1n) is 4.65. The Kier molecular flexibility index (Phi) is 3.68. The van der Waals surface area contributed by atoms with Gasteiger partial charge in [0.15, 0.2) is 0 Å². The first kappa shape index (κ1) is 13.1. The maximum absolute atomic E-state index is 12.6. The minimum absolute atomic E-state index is 0.0624.